The van der Waals surface area contributed by atoms with Gasteiger partial charge in [-0.2, -0.15) is 0 Å². The molecule has 1 rings (SSSR count). The molecule has 1 N–H and O–H groups in total. The molecule has 0 radical (unpaired) electrons. The van der Waals surface area contributed by atoms with Gasteiger partial charge in [0.2, 0.25) is 0 Å². The first kappa shape index (κ1) is 11.9. The highest BCUT2D eigenvalue weighted by Crippen LogP contribution is 2.26. The highest BCUT2D eigenvalue weighted by molar-refractivity contribution is 6.32. The molecule has 1 atom stereocenters. The quantitative estimate of drug-likeness (QED) is 0.866. The van der Waals surface area contributed by atoms with Crippen molar-refractivity contribution in [1.29, 1.82) is 0 Å². The maximum absolute atomic E-state index is 10.6. The second-order valence-corrected chi connectivity index (χ2v) is 3.85. The number of benzene rings is 1. The number of aryl methyl sites for hydroxylation is 2. The van der Waals surface area contributed by atoms with Crippen LogP contribution in [0.25, 0.3) is 0 Å². The number of carboxylic acid groups (broad SMARTS) is 1. The normalized spacial score (nSPS) is 12.3. The smallest absolute Gasteiger partial charge is 0.344 e. The van der Waals surface area contributed by atoms with Crippen molar-refractivity contribution < 1.29 is 14.6 Å². The van der Waals surface area contributed by atoms with Crippen molar-refractivity contribution in [3.05, 3.63) is 28.3 Å². The van der Waals surface area contributed by atoms with E-state index in [0.29, 0.717) is 10.8 Å². The summed E-state index contributed by atoms with van der Waals surface area (Å²) in [6, 6.07) is 3.46. The van der Waals surface area contributed by atoms with Crippen LogP contribution in [0.1, 0.15) is 18.1 Å². The largest absolute Gasteiger partial charge is 0.479 e. The Morgan fingerprint density at radius 2 is 1.87 bits per heavy atom. The molecule has 0 spiro atoms. The minimum atomic E-state index is -0.986. The van der Waals surface area contributed by atoms with E-state index in [-0.39, 0.29) is 0 Å². The number of halogens is 1. The van der Waals surface area contributed by atoms with Crippen LogP contribution in [0.3, 0.4) is 0 Å². The molecule has 0 saturated heterocycles. The Hall–Kier alpha value is -1.22. The van der Waals surface area contributed by atoms with Crippen LogP contribution < -0.4 is 4.74 Å². The van der Waals surface area contributed by atoms with Crippen LogP contribution in [0.15, 0.2) is 12.1 Å². The number of carboxylic acids is 1. The summed E-state index contributed by atoms with van der Waals surface area (Å²) in [4.78, 5) is 10.6. The van der Waals surface area contributed by atoms with E-state index in [1.165, 1.54) is 6.92 Å². The van der Waals surface area contributed by atoms with Gasteiger partial charge >= 0.3 is 5.97 Å². The summed E-state index contributed by atoms with van der Waals surface area (Å²) in [5, 5.41) is 9.37. The van der Waals surface area contributed by atoms with Gasteiger partial charge in [-0.25, -0.2) is 4.79 Å². The van der Waals surface area contributed by atoms with Crippen LogP contribution in [-0.4, -0.2) is 17.2 Å². The van der Waals surface area contributed by atoms with Crippen molar-refractivity contribution in [3.63, 3.8) is 0 Å². The fraction of sp³-hybridized carbons (Fsp3) is 0.364. The molecule has 1 aromatic carbocycles. The van der Waals surface area contributed by atoms with Crippen LogP contribution in [0.2, 0.25) is 5.02 Å². The second kappa shape index (κ2) is 4.53. The Morgan fingerprint density at radius 1 is 1.40 bits per heavy atom. The summed E-state index contributed by atoms with van der Waals surface area (Å²) < 4.78 is 5.23. The number of hydrogen-bond donors (Lipinski definition) is 1. The number of carbonyl (C=O) groups is 1. The topological polar surface area (TPSA) is 46.5 Å². The summed E-state index contributed by atoms with van der Waals surface area (Å²) in [7, 11) is 0. The third-order valence-corrected chi connectivity index (χ3v) is 2.67. The first-order valence-electron chi connectivity index (χ1n) is 4.58. The van der Waals surface area contributed by atoms with Crippen LogP contribution in [-0.2, 0) is 4.79 Å². The molecule has 0 bridgehead atoms. The van der Waals surface area contributed by atoms with E-state index in [2.05, 4.69) is 0 Å². The molecule has 15 heavy (non-hydrogen) atoms. The molecule has 3 nitrogen and oxygen atoms in total. The van der Waals surface area contributed by atoms with E-state index in [4.69, 9.17) is 21.4 Å². The van der Waals surface area contributed by atoms with Gasteiger partial charge in [0, 0.05) is 5.02 Å². The predicted octanol–water partition coefficient (Wildman–Crippen LogP) is 2.81. The van der Waals surface area contributed by atoms with E-state index < -0.39 is 12.1 Å². The molecule has 4 heteroatoms. The molecular formula is C11H13ClO3. The molecule has 0 aromatic heterocycles. The maximum Gasteiger partial charge on any atom is 0.344 e. The predicted molar refractivity (Wildman–Crippen MR) is 58.7 cm³/mol. The molecule has 0 aliphatic heterocycles. The standard InChI is InChI=1S/C11H13ClO3/c1-6-4-9(5-7(2)10(6)12)15-8(3)11(13)14/h4-5,8H,1-3H3,(H,13,14). The molecule has 0 aliphatic carbocycles. The van der Waals surface area contributed by atoms with Crippen LogP contribution in [0.5, 0.6) is 5.75 Å². The van der Waals surface area contributed by atoms with Crippen molar-refractivity contribution in [2.24, 2.45) is 0 Å². The molecule has 0 saturated carbocycles. The summed E-state index contributed by atoms with van der Waals surface area (Å²) in [6.45, 7) is 5.20. The lowest BCUT2D eigenvalue weighted by molar-refractivity contribution is -0.144. The average Bonchev–Trinajstić information content (AvgIpc) is 2.13. The number of aliphatic carboxylic acids is 1. The van der Waals surface area contributed by atoms with Gasteiger partial charge in [-0.1, -0.05) is 11.6 Å². The third kappa shape index (κ3) is 2.86. The molecule has 0 heterocycles. The summed E-state index contributed by atoms with van der Waals surface area (Å²) in [5.41, 5.74) is 1.76. The Kier molecular flexibility index (Phi) is 3.58. The molecule has 0 fully saturated rings. The molecule has 1 unspecified atom stereocenters. The van der Waals surface area contributed by atoms with E-state index in [1.54, 1.807) is 12.1 Å². The van der Waals surface area contributed by atoms with Crippen molar-refractivity contribution in [2.75, 3.05) is 0 Å². The van der Waals surface area contributed by atoms with Crippen molar-refractivity contribution in [3.8, 4) is 5.75 Å². The van der Waals surface area contributed by atoms with E-state index in [0.717, 1.165) is 11.1 Å². The van der Waals surface area contributed by atoms with Gasteiger partial charge in [-0.3, -0.25) is 0 Å². The molecular weight excluding hydrogens is 216 g/mol. The highest BCUT2D eigenvalue weighted by Gasteiger charge is 2.13. The third-order valence-electron chi connectivity index (χ3n) is 2.07. The molecule has 82 valence electrons. The minimum Gasteiger partial charge on any atom is -0.479 e. The van der Waals surface area contributed by atoms with Crippen molar-refractivity contribution in [2.45, 2.75) is 26.9 Å². The van der Waals surface area contributed by atoms with Crippen molar-refractivity contribution in [1.82, 2.24) is 0 Å². The monoisotopic (exact) mass is 228 g/mol. The van der Waals surface area contributed by atoms with Gasteiger partial charge in [-0.05, 0) is 44.0 Å². The Bertz CT molecular complexity index is 364. The zero-order valence-corrected chi connectivity index (χ0v) is 9.63. The lowest BCUT2D eigenvalue weighted by Crippen LogP contribution is -2.22. The SMILES string of the molecule is Cc1cc(OC(C)C(=O)O)cc(C)c1Cl. The Balaban J connectivity index is 2.92. The van der Waals surface area contributed by atoms with E-state index >= 15 is 0 Å². The fourth-order valence-corrected chi connectivity index (χ4v) is 1.34. The van der Waals surface area contributed by atoms with Gasteiger partial charge < -0.3 is 9.84 Å². The molecule has 1 aromatic rings. The average molecular weight is 229 g/mol. The summed E-state index contributed by atoms with van der Waals surface area (Å²) in [5.74, 6) is -0.454. The van der Waals surface area contributed by atoms with Gasteiger partial charge in [0.05, 0.1) is 0 Å². The van der Waals surface area contributed by atoms with E-state index in [9.17, 15) is 4.79 Å². The number of ether oxygens (including phenoxy) is 1. The van der Waals surface area contributed by atoms with Crippen LogP contribution >= 0.6 is 11.6 Å². The van der Waals surface area contributed by atoms with Gasteiger partial charge in [0.1, 0.15) is 5.75 Å². The van der Waals surface area contributed by atoms with Crippen LogP contribution in [0, 0.1) is 13.8 Å². The highest BCUT2D eigenvalue weighted by atomic mass is 35.5. The maximum atomic E-state index is 10.6. The van der Waals surface area contributed by atoms with Gasteiger partial charge in [0.25, 0.3) is 0 Å². The fourth-order valence-electron chi connectivity index (χ4n) is 1.23. The lowest BCUT2D eigenvalue weighted by Gasteiger charge is -2.12. The molecule has 0 aliphatic rings. The Labute approximate surface area is 93.6 Å². The van der Waals surface area contributed by atoms with E-state index in [1.807, 2.05) is 13.8 Å². The molecule has 0 amide bonds. The number of hydrogen-bond acceptors (Lipinski definition) is 2. The zero-order valence-electron chi connectivity index (χ0n) is 8.87. The second-order valence-electron chi connectivity index (χ2n) is 3.47. The Morgan fingerprint density at radius 3 is 2.27 bits per heavy atom. The lowest BCUT2D eigenvalue weighted by atomic mass is 10.1. The first-order chi connectivity index (χ1) is 6.91. The summed E-state index contributed by atoms with van der Waals surface area (Å²) >= 11 is 5.98. The van der Waals surface area contributed by atoms with Gasteiger partial charge in [-0.15, -0.1) is 0 Å². The minimum absolute atomic E-state index is 0.532. The first-order valence-corrected chi connectivity index (χ1v) is 4.96. The zero-order chi connectivity index (χ0) is 11.6. The van der Waals surface area contributed by atoms with Crippen LogP contribution in [0.4, 0.5) is 0 Å². The summed E-state index contributed by atoms with van der Waals surface area (Å²) in [6.07, 6.45) is -0.857. The van der Waals surface area contributed by atoms with Gasteiger partial charge in [0.15, 0.2) is 6.10 Å². The number of rotatable bonds is 3. The van der Waals surface area contributed by atoms with Crippen molar-refractivity contribution >= 4 is 17.6 Å².